The molecule has 8 nitrogen and oxygen atoms in total. The smallest absolute Gasteiger partial charge is 0.238 e. The van der Waals surface area contributed by atoms with Crippen LogP contribution in [0.25, 0.3) is 127 Å². The van der Waals surface area contributed by atoms with Gasteiger partial charge in [-0.15, -0.1) is 0 Å². The molecule has 0 N–H and O–H groups in total. The van der Waals surface area contributed by atoms with Gasteiger partial charge >= 0.3 is 0 Å². The van der Waals surface area contributed by atoms with E-state index in [4.69, 9.17) is 19.4 Å². The third kappa shape index (κ3) is 5.16. The molecule has 14 aromatic rings. The van der Waals surface area contributed by atoms with E-state index >= 15 is 0 Å². The van der Waals surface area contributed by atoms with E-state index in [1.807, 2.05) is 72.8 Å². The normalized spacial score (nSPS) is 11.9. The predicted molar refractivity (Wildman–Crippen MR) is 266 cm³/mol. The maximum absolute atomic E-state index is 11.0. The van der Waals surface area contributed by atoms with Gasteiger partial charge in [0.2, 0.25) is 5.95 Å². The van der Waals surface area contributed by atoms with Gasteiger partial charge in [0.15, 0.2) is 11.6 Å². The molecule has 66 heavy (non-hydrogen) atoms. The van der Waals surface area contributed by atoms with E-state index < -0.39 is 0 Å². The topological polar surface area (TPSA) is 90.4 Å². The fourth-order valence-electron chi connectivity index (χ4n) is 10.3. The van der Waals surface area contributed by atoms with E-state index in [0.29, 0.717) is 28.7 Å². The molecule has 0 aliphatic carbocycles. The number of para-hydroxylation sites is 5. The molecular weight excluding hydrogens is 811 g/mol. The van der Waals surface area contributed by atoms with Crippen LogP contribution in [0.2, 0.25) is 0 Å². The van der Waals surface area contributed by atoms with E-state index in [0.717, 1.165) is 93.5 Å². The van der Waals surface area contributed by atoms with E-state index in [1.165, 1.54) is 10.8 Å². The Hall–Kier alpha value is -9.32. The molecule has 0 unspecified atom stereocenters. The summed E-state index contributed by atoms with van der Waals surface area (Å²) in [7, 11) is 0. The van der Waals surface area contributed by atoms with Crippen LogP contribution in [0, 0.1) is 11.3 Å². The van der Waals surface area contributed by atoms with Gasteiger partial charge in [0.1, 0.15) is 17.2 Å². The zero-order chi connectivity index (χ0) is 43.5. The first-order valence-corrected chi connectivity index (χ1v) is 21.9. The minimum absolute atomic E-state index is 0.468. The summed E-state index contributed by atoms with van der Waals surface area (Å²) in [4.78, 5) is 15.3. The monoisotopic (exact) mass is 843 g/mol. The fraction of sp³-hybridized carbons (Fsp3) is 0. The lowest BCUT2D eigenvalue weighted by molar-refractivity contribution is 0.673. The van der Waals surface area contributed by atoms with E-state index in [2.05, 4.69) is 147 Å². The van der Waals surface area contributed by atoms with Crippen molar-refractivity contribution in [2.24, 2.45) is 0 Å². The first-order valence-electron chi connectivity index (χ1n) is 21.9. The highest BCUT2D eigenvalue weighted by atomic mass is 16.3. The van der Waals surface area contributed by atoms with Gasteiger partial charge in [-0.1, -0.05) is 121 Å². The number of aromatic nitrogens is 6. The highest BCUT2D eigenvalue weighted by Crippen LogP contribution is 2.44. The molecule has 0 bridgehead atoms. The zero-order valence-corrected chi connectivity index (χ0v) is 35.1. The van der Waals surface area contributed by atoms with Crippen molar-refractivity contribution in [1.82, 2.24) is 28.7 Å². The van der Waals surface area contributed by atoms with Crippen LogP contribution in [-0.2, 0) is 0 Å². The van der Waals surface area contributed by atoms with Gasteiger partial charge in [0.25, 0.3) is 0 Å². The summed E-state index contributed by atoms with van der Waals surface area (Å²) in [6, 6.07) is 71.3. The molecular formula is C58H33N7O. The predicted octanol–water partition coefficient (Wildman–Crippen LogP) is 14.3. The summed E-state index contributed by atoms with van der Waals surface area (Å²) in [5, 5.41) is 19.7. The minimum Gasteiger partial charge on any atom is -0.455 e. The molecule has 0 aliphatic heterocycles. The molecule has 0 amide bonds. The van der Waals surface area contributed by atoms with Crippen molar-refractivity contribution < 1.29 is 4.42 Å². The van der Waals surface area contributed by atoms with Crippen molar-refractivity contribution in [3.05, 3.63) is 206 Å². The Morgan fingerprint density at radius 2 is 0.970 bits per heavy atom. The molecule has 0 spiro atoms. The Balaban J connectivity index is 0.965. The average Bonchev–Trinajstić information content (AvgIpc) is 4.12. The zero-order valence-electron chi connectivity index (χ0n) is 35.1. The van der Waals surface area contributed by atoms with Gasteiger partial charge < -0.3 is 13.6 Å². The van der Waals surface area contributed by atoms with Crippen molar-refractivity contribution in [3.8, 4) is 46.2 Å². The lowest BCUT2D eigenvalue weighted by Crippen LogP contribution is -2.06. The van der Waals surface area contributed by atoms with E-state index in [-0.39, 0.29) is 0 Å². The van der Waals surface area contributed by atoms with Crippen LogP contribution < -0.4 is 0 Å². The van der Waals surface area contributed by atoms with E-state index in [9.17, 15) is 5.26 Å². The van der Waals surface area contributed by atoms with Gasteiger partial charge in [0.05, 0.1) is 49.7 Å². The quantitative estimate of drug-likeness (QED) is 0.172. The lowest BCUT2D eigenvalue weighted by atomic mass is 10.1. The molecule has 0 fully saturated rings. The maximum Gasteiger partial charge on any atom is 0.238 e. The van der Waals surface area contributed by atoms with Crippen LogP contribution >= 0.6 is 0 Å². The number of furan rings is 1. The molecule has 0 atom stereocenters. The highest BCUT2D eigenvalue weighted by Gasteiger charge is 2.23. The Morgan fingerprint density at radius 1 is 0.394 bits per heavy atom. The van der Waals surface area contributed by atoms with Gasteiger partial charge in [-0.05, 0) is 72.8 Å². The van der Waals surface area contributed by atoms with Crippen LogP contribution in [0.4, 0.5) is 0 Å². The third-order valence-corrected chi connectivity index (χ3v) is 13.1. The standard InChI is InChI=1S/C58H33N7O/c59-34-37-31-36(57-60-56(35-15-3-1-4-16-35)61-58(62-57)65-48-24-12-7-19-39(48)40-20-8-13-25-49(40)65)27-29-46(37)64-50-26-14-10-22-43(50)54-51(64)30-28-42-45-32-44-41-21-9-11-23-47(41)63(38-17-5-2-6-18-38)52(44)33-53(45)66-55(42)54/h1-33H. The van der Waals surface area contributed by atoms with Crippen molar-refractivity contribution >= 4 is 87.4 Å². The molecule has 8 heteroatoms. The molecule has 0 aliphatic rings. The Labute approximate surface area is 376 Å². The van der Waals surface area contributed by atoms with Crippen LogP contribution in [0.15, 0.2) is 205 Å². The molecule has 0 saturated carbocycles. The first kappa shape index (κ1) is 36.2. The van der Waals surface area contributed by atoms with Gasteiger partial charge in [-0.3, -0.25) is 4.57 Å². The second-order valence-corrected chi connectivity index (χ2v) is 16.7. The largest absolute Gasteiger partial charge is 0.455 e. The molecule has 306 valence electrons. The SMILES string of the molecule is N#Cc1cc(-c2nc(-c3ccccc3)nc(-n3c4ccccc4c4ccccc43)n2)ccc1-n1c2ccccc2c2c3oc4cc5c(cc4c3ccc21)c1ccccc1n5-c1ccccc1. The third-order valence-electron chi connectivity index (χ3n) is 13.1. The van der Waals surface area contributed by atoms with Crippen LogP contribution in [0.1, 0.15) is 5.56 Å². The summed E-state index contributed by atoms with van der Waals surface area (Å²) in [6.45, 7) is 0. The fourth-order valence-corrected chi connectivity index (χ4v) is 10.3. The summed E-state index contributed by atoms with van der Waals surface area (Å²) in [5.74, 6) is 1.51. The summed E-state index contributed by atoms with van der Waals surface area (Å²) >= 11 is 0. The number of nitriles is 1. The van der Waals surface area contributed by atoms with Crippen molar-refractivity contribution in [3.63, 3.8) is 0 Å². The minimum atomic E-state index is 0.468. The number of benzene rings is 9. The van der Waals surface area contributed by atoms with Crippen molar-refractivity contribution in [2.45, 2.75) is 0 Å². The second kappa shape index (κ2) is 13.8. The maximum atomic E-state index is 11.0. The van der Waals surface area contributed by atoms with Gasteiger partial charge in [0, 0.05) is 60.6 Å². The molecule has 5 heterocycles. The van der Waals surface area contributed by atoms with Crippen LogP contribution in [-0.4, -0.2) is 28.7 Å². The molecule has 0 radical (unpaired) electrons. The Kier molecular flexibility index (Phi) is 7.59. The number of hydrogen-bond donors (Lipinski definition) is 0. The second-order valence-electron chi connectivity index (χ2n) is 16.7. The summed E-state index contributed by atoms with van der Waals surface area (Å²) in [5.41, 5.74) is 11.7. The average molecular weight is 844 g/mol. The molecule has 0 saturated heterocycles. The summed E-state index contributed by atoms with van der Waals surface area (Å²) < 4.78 is 13.6. The van der Waals surface area contributed by atoms with Gasteiger partial charge in [-0.25, -0.2) is 4.98 Å². The number of nitrogens with zero attached hydrogens (tertiary/aromatic N) is 7. The van der Waals surface area contributed by atoms with Crippen molar-refractivity contribution in [2.75, 3.05) is 0 Å². The van der Waals surface area contributed by atoms with E-state index in [1.54, 1.807) is 0 Å². The number of fused-ring (bicyclic) bond motifs is 13. The van der Waals surface area contributed by atoms with Gasteiger partial charge in [-0.2, -0.15) is 15.2 Å². The lowest BCUT2D eigenvalue weighted by Gasteiger charge is -2.13. The number of rotatable bonds is 5. The molecule has 5 aromatic heterocycles. The Morgan fingerprint density at radius 3 is 1.65 bits per heavy atom. The Bertz CT molecular complexity index is 4310. The van der Waals surface area contributed by atoms with Crippen LogP contribution in [0.5, 0.6) is 0 Å². The van der Waals surface area contributed by atoms with Crippen molar-refractivity contribution in [1.29, 1.82) is 5.26 Å². The van der Waals surface area contributed by atoms with Crippen LogP contribution in [0.3, 0.4) is 0 Å². The highest BCUT2D eigenvalue weighted by molar-refractivity contribution is 6.26. The molecule has 14 rings (SSSR count). The molecule has 9 aromatic carbocycles. The number of hydrogen-bond acceptors (Lipinski definition) is 5. The summed E-state index contributed by atoms with van der Waals surface area (Å²) in [6.07, 6.45) is 0. The first-order chi connectivity index (χ1) is 32.7.